The van der Waals surface area contributed by atoms with Crippen molar-refractivity contribution in [1.82, 2.24) is 4.90 Å². The summed E-state index contributed by atoms with van der Waals surface area (Å²) >= 11 is 6.87. The number of benzene rings is 2. The highest BCUT2D eigenvalue weighted by Gasteiger charge is 2.35. The van der Waals surface area contributed by atoms with Crippen LogP contribution in [0.25, 0.3) is 6.08 Å². The highest BCUT2D eigenvalue weighted by Crippen LogP contribution is 2.35. The highest BCUT2D eigenvalue weighted by molar-refractivity contribution is 8.18. The van der Waals surface area contributed by atoms with E-state index >= 15 is 0 Å². The Morgan fingerprint density at radius 2 is 2.04 bits per heavy atom. The Bertz CT molecular complexity index is 996. The van der Waals surface area contributed by atoms with Crippen LogP contribution in [0.4, 0.5) is 4.79 Å². The smallest absolute Gasteiger partial charge is 0.293 e. The van der Waals surface area contributed by atoms with Gasteiger partial charge in [-0.05, 0) is 53.2 Å². The minimum absolute atomic E-state index is 0.123. The van der Waals surface area contributed by atoms with Gasteiger partial charge in [0.25, 0.3) is 11.1 Å². The lowest BCUT2D eigenvalue weighted by atomic mass is 10.1. The lowest BCUT2D eigenvalue weighted by Crippen LogP contribution is -2.27. The summed E-state index contributed by atoms with van der Waals surface area (Å²) in [6.07, 6.45) is 6.85. The third-order valence-corrected chi connectivity index (χ3v) is 5.04. The molecule has 28 heavy (non-hydrogen) atoms. The maximum atomic E-state index is 12.7. The third kappa shape index (κ3) is 4.50. The van der Waals surface area contributed by atoms with Crippen LogP contribution < -0.4 is 9.47 Å². The second-order valence-electron chi connectivity index (χ2n) is 5.80. The van der Waals surface area contributed by atoms with E-state index in [4.69, 9.17) is 27.5 Å². The molecule has 2 aromatic carbocycles. The van der Waals surface area contributed by atoms with Gasteiger partial charge < -0.3 is 9.47 Å². The van der Waals surface area contributed by atoms with Crippen LogP contribution in [-0.2, 0) is 11.3 Å². The normalized spacial score (nSPS) is 15.0. The molecule has 0 aliphatic carbocycles. The molecule has 1 aliphatic heterocycles. The molecule has 1 saturated heterocycles. The van der Waals surface area contributed by atoms with Gasteiger partial charge in [-0.25, -0.2) is 0 Å². The van der Waals surface area contributed by atoms with E-state index in [2.05, 4.69) is 5.92 Å². The molecule has 3 rings (SSSR count). The summed E-state index contributed by atoms with van der Waals surface area (Å²) in [6.45, 7) is 0.294. The van der Waals surface area contributed by atoms with Crippen LogP contribution in [0.1, 0.15) is 11.1 Å². The van der Waals surface area contributed by atoms with Crippen molar-refractivity contribution in [2.45, 2.75) is 6.54 Å². The summed E-state index contributed by atoms with van der Waals surface area (Å²) < 4.78 is 10.7. The molecule has 0 saturated carbocycles. The summed E-state index contributed by atoms with van der Waals surface area (Å²) in [5.41, 5.74) is 1.49. The van der Waals surface area contributed by atoms with E-state index in [1.807, 2.05) is 6.07 Å². The van der Waals surface area contributed by atoms with E-state index < -0.39 is 0 Å². The van der Waals surface area contributed by atoms with Crippen LogP contribution in [0.3, 0.4) is 0 Å². The Hall–Kier alpha value is -2.88. The number of carbonyl (C=O) groups is 2. The van der Waals surface area contributed by atoms with Crippen molar-refractivity contribution in [3.05, 3.63) is 63.5 Å². The molecule has 1 aliphatic rings. The Morgan fingerprint density at radius 1 is 1.21 bits per heavy atom. The summed E-state index contributed by atoms with van der Waals surface area (Å²) in [5.74, 6) is 3.04. The molecule has 0 N–H and O–H groups in total. The van der Waals surface area contributed by atoms with Crippen molar-refractivity contribution in [3.63, 3.8) is 0 Å². The molecule has 0 radical (unpaired) electrons. The number of thioether (sulfide) groups is 1. The van der Waals surface area contributed by atoms with Crippen LogP contribution in [-0.4, -0.2) is 29.8 Å². The predicted octanol–water partition coefficient (Wildman–Crippen LogP) is 4.60. The molecule has 7 heteroatoms. The molecule has 0 spiro atoms. The molecule has 0 aromatic heterocycles. The van der Waals surface area contributed by atoms with Gasteiger partial charge in [-0.2, -0.15) is 0 Å². The number of carbonyl (C=O) groups excluding carboxylic acids is 2. The Balaban J connectivity index is 1.80. The average molecular weight is 414 g/mol. The lowest BCUT2D eigenvalue weighted by molar-refractivity contribution is -0.123. The van der Waals surface area contributed by atoms with E-state index in [1.165, 1.54) is 12.0 Å². The fourth-order valence-corrected chi connectivity index (χ4v) is 3.67. The number of hydrogen-bond acceptors (Lipinski definition) is 5. The largest absolute Gasteiger partial charge is 0.493 e. The standard InChI is InChI=1S/C21H16ClNO4S/c1-3-9-27-17-8-7-14(11-18(17)26-2)12-19-20(24)23(21(25)28-19)13-15-5-4-6-16(22)10-15/h1,4-8,10-12H,9,13H2,2H3/b19-12-. The number of ether oxygens (including phenoxy) is 2. The van der Waals surface area contributed by atoms with Crippen molar-refractivity contribution in [2.75, 3.05) is 13.7 Å². The third-order valence-electron chi connectivity index (χ3n) is 3.90. The van der Waals surface area contributed by atoms with E-state index in [0.717, 1.165) is 17.3 Å². The van der Waals surface area contributed by atoms with Gasteiger partial charge in [-0.1, -0.05) is 35.7 Å². The Labute approximate surface area is 172 Å². The minimum Gasteiger partial charge on any atom is -0.493 e. The first-order valence-corrected chi connectivity index (χ1v) is 9.45. The van der Waals surface area contributed by atoms with E-state index in [1.54, 1.807) is 42.5 Å². The predicted molar refractivity (Wildman–Crippen MR) is 110 cm³/mol. The number of methoxy groups -OCH3 is 1. The molecular weight excluding hydrogens is 398 g/mol. The maximum absolute atomic E-state index is 12.7. The first-order chi connectivity index (χ1) is 13.5. The summed E-state index contributed by atoms with van der Waals surface area (Å²) in [5, 5.41) is 0.233. The van der Waals surface area contributed by atoms with Gasteiger partial charge in [-0.15, -0.1) is 6.42 Å². The van der Waals surface area contributed by atoms with Crippen LogP contribution in [0.2, 0.25) is 5.02 Å². The van der Waals surface area contributed by atoms with Crippen LogP contribution in [0, 0.1) is 12.3 Å². The number of imide groups is 1. The molecule has 2 aromatic rings. The number of nitrogens with zero attached hydrogens (tertiary/aromatic N) is 1. The minimum atomic E-state index is -0.346. The number of rotatable bonds is 6. The van der Waals surface area contributed by atoms with Gasteiger partial charge in [0.15, 0.2) is 11.5 Å². The second kappa shape index (κ2) is 8.87. The average Bonchev–Trinajstić information content (AvgIpc) is 2.94. The van der Waals surface area contributed by atoms with Crippen molar-refractivity contribution in [3.8, 4) is 23.8 Å². The quantitative estimate of drug-likeness (QED) is 0.511. The van der Waals surface area contributed by atoms with Crippen LogP contribution >= 0.6 is 23.4 Å². The SMILES string of the molecule is C#CCOc1ccc(/C=C2\SC(=O)N(Cc3cccc(Cl)c3)C2=O)cc1OC. The number of terminal acetylenes is 1. The van der Waals surface area contributed by atoms with Gasteiger partial charge in [0.05, 0.1) is 18.6 Å². The molecule has 2 amide bonds. The van der Waals surface area contributed by atoms with Crippen molar-refractivity contribution in [1.29, 1.82) is 0 Å². The van der Waals surface area contributed by atoms with Gasteiger partial charge in [-0.3, -0.25) is 14.5 Å². The van der Waals surface area contributed by atoms with Gasteiger partial charge in [0.2, 0.25) is 0 Å². The van der Waals surface area contributed by atoms with Gasteiger partial charge in [0, 0.05) is 5.02 Å². The van der Waals surface area contributed by atoms with Crippen LogP contribution in [0.5, 0.6) is 11.5 Å². The fraction of sp³-hybridized carbons (Fsp3) is 0.143. The molecular formula is C21H16ClNO4S. The van der Waals surface area contributed by atoms with Crippen molar-refractivity contribution in [2.24, 2.45) is 0 Å². The highest BCUT2D eigenvalue weighted by atomic mass is 35.5. The second-order valence-corrected chi connectivity index (χ2v) is 7.23. The number of halogens is 1. The monoisotopic (exact) mass is 413 g/mol. The summed E-state index contributed by atoms with van der Waals surface area (Å²) in [6, 6.07) is 12.3. The summed E-state index contributed by atoms with van der Waals surface area (Å²) in [7, 11) is 1.51. The molecule has 0 bridgehead atoms. The molecule has 0 unspecified atom stereocenters. The molecule has 1 heterocycles. The first kappa shape index (κ1) is 19.9. The number of hydrogen-bond donors (Lipinski definition) is 0. The van der Waals surface area contributed by atoms with E-state index in [-0.39, 0.29) is 24.3 Å². The number of amides is 2. The first-order valence-electron chi connectivity index (χ1n) is 8.26. The maximum Gasteiger partial charge on any atom is 0.293 e. The summed E-state index contributed by atoms with van der Waals surface area (Å²) in [4.78, 5) is 26.5. The van der Waals surface area contributed by atoms with Gasteiger partial charge >= 0.3 is 0 Å². The fourth-order valence-electron chi connectivity index (χ4n) is 2.62. The van der Waals surface area contributed by atoms with Crippen LogP contribution in [0.15, 0.2) is 47.4 Å². The van der Waals surface area contributed by atoms with E-state index in [0.29, 0.717) is 27.0 Å². The topological polar surface area (TPSA) is 55.8 Å². The molecule has 1 fully saturated rings. The zero-order valence-corrected chi connectivity index (χ0v) is 16.5. The molecule has 5 nitrogen and oxygen atoms in total. The zero-order chi connectivity index (χ0) is 20.1. The molecule has 142 valence electrons. The molecule has 0 atom stereocenters. The lowest BCUT2D eigenvalue weighted by Gasteiger charge is -2.12. The van der Waals surface area contributed by atoms with Crippen molar-refractivity contribution >= 4 is 40.6 Å². The van der Waals surface area contributed by atoms with Crippen molar-refractivity contribution < 1.29 is 19.1 Å². The Morgan fingerprint density at radius 3 is 2.75 bits per heavy atom. The Kier molecular flexibility index (Phi) is 6.30. The van der Waals surface area contributed by atoms with E-state index in [9.17, 15) is 9.59 Å². The van der Waals surface area contributed by atoms with Gasteiger partial charge in [0.1, 0.15) is 6.61 Å². The zero-order valence-electron chi connectivity index (χ0n) is 15.0.